The van der Waals surface area contributed by atoms with E-state index < -0.39 is 12.0 Å². The van der Waals surface area contributed by atoms with E-state index >= 15 is 0 Å². The van der Waals surface area contributed by atoms with Gasteiger partial charge in [-0.1, -0.05) is 13.3 Å². The van der Waals surface area contributed by atoms with Gasteiger partial charge in [0.2, 0.25) is 0 Å². The largest absolute Gasteiger partial charge is 0.480 e. The van der Waals surface area contributed by atoms with Gasteiger partial charge in [-0.3, -0.25) is 9.69 Å². The van der Waals surface area contributed by atoms with Crippen LogP contribution in [0.1, 0.15) is 26.7 Å². The molecule has 6 nitrogen and oxygen atoms in total. The maximum atomic E-state index is 11.8. The summed E-state index contributed by atoms with van der Waals surface area (Å²) >= 11 is 0. The number of hydrogen-bond donors (Lipinski definition) is 2. The Balaban J connectivity index is 2.30. The Morgan fingerprint density at radius 2 is 1.89 bits per heavy atom. The topological polar surface area (TPSA) is 72.9 Å². The van der Waals surface area contributed by atoms with Gasteiger partial charge in [0.15, 0.2) is 0 Å². The number of amides is 2. The highest BCUT2D eigenvalue weighted by Gasteiger charge is 2.26. The van der Waals surface area contributed by atoms with Crippen molar-refractivity contribution in [2.24, 2.45) is 0 Å². The highest BCUT2D eigenvalue weighted by molar-refractivity contribution is 5.74. The summed E-state index contributed by atoms with van der Waals surface area (Å²) in [5.74, 6) is -0.809. The number of carbonyl (C=O) groups excluding carboxylic acids is 1. The van der Waals surface area contributed by atoms with Crippen LogP contribution in [0, 0.1) is 0 Å². The van der Waals surface area contributed by atoms with Gasteiger partial charge in [-0.15, -0.1) is 0 Å². The molecule has 0 aromatic rings. The molecular weight excluding hydrogens is 234 g/mol. The van der Waals surface area contributed by atoms with Gasteiger partial charge in [0.1, 0.15) is 6.04 Å². The second kappa shape index (κ2) is 7.20. The molecule has 1 aliphatic rings. The quantitative estimate of drug-likeness (QED) is 0.707. The van der Waals surface area contributed by atoms with Crippen LogP contribution in [-0.4, -0.2) is 65.7 Å². The van der Waals surface area contributed by atoms with Crippen molar-refractivity contribution >= 4 is 12.0 Å². The molecule has 1 saturated heterocycles. The molecule has 0 saturated carbocycles. The van der Waals surface area contributed by atoms with E-state index in [4.69, 9.17) is 5.11 Å². The lowest BCUT2D eigenvalue weighted by Gasteiger charge is -2.36. The fraction of sp³-hybridized carbons (Fsp3) is 0.833. The number of nitrogens with one attached hydrogen (secondary N) is 1. The zero-order chi connectivity index (χ0) is 13.5. The second-order valence-electron chi connectivity index (χ2n) is 4.62. The lowest BCUT2D eigenvalue weighted by molar-refractivity contribution is -0.143. The van der Waals surface area contributed by atoms with E-state index in [1.54, 1.807) is 11.8 Å². The summed E-state index contributed by atoms with van der Waals surface area (Å²) in [6, 6.07) is -0.513. The van der Waals surface area contributed by atoms with Crippen LogP contribution in [0.4, 0.5) is 4.79 Å². The fourth-order valence-corrected chi connectivity index (χ4v) is 1.95. The SMILES string of the molecule is CCCCNC(=O)N1CCN(C(C)C(=O)O)CC1. The minimum absolute atomic E-state index is 0.0360. The average molecular weight is 257 g/mol. The van der Waals surface area contributed by atoms with E-state index in [0.29, 0.717) is 32.7 Å². The van der Waals surface area contributed by atoms with E-state index in [1.807, 2.05) is 4.90 Å². The van der Waals surface area contributed by atoms with E-state index in [2.05, 4.69) is 12.2 Å². The van der Waals surface area contributed by atoms with Gasteiger partial charge < -0.3 is 15.3 Å². The lowest BCUT2D eigenvalue weighted by atomic mass is 10.2. The van der Waals surface area contributed by atoms with Crippen LogP contribution < -0.4 is 5.32 Å². The zero-order valence-electron chi connectivity index (χ0n) is 11.2. The maximum Gasteiger partial charge on any atom is 0.320 e. The molecule has 0 spiro atoms. The molecule has 1 heterocycles. The van der Waals surface area contributed by atoms with E-state index in [9.17, 15) is 9.59 Å². The molecule has 2 N–H and O–H groups in total. The summed E-state index contributed by atoms with van der Waals surface area (Å²) in [6.45, 7) is 6.90. The van der Waals surface area contributed by atoms with E-state index in [0.717, 1.165) is 12.8 Å². The molecule has 0 aromatic carbocycles. The third kappa shape index (κ3) is 4.18. The normalized spacial score (nSPS) is 18.4. The van der Waals surface area contributed by atoms with Gasteiger partial charge in [0.05, 0.1) is 0 Å². The summed E-state index contributed by atoms with van der Waals surface area (Å²) in [6.07, 6.45) is 2.05. The Morgan fingerprint density at radius 1 is 1.28 bits per heavy atom. The molecule has 0 aliphatic carbocycles. The van der Waals surface area contributed by atoms with Gasteiger partial charge in [0.25, 0.3) is 0 Å². The first-order valence-corrected chi connectivity index (χ1v) is 6.56. The van der Waals surface area contributed by atoms with Crippen LogP contribution in [0.2, 0.25) is 0 Å². The van der Waals surface area contributed by atoms with Crippen molar-refractivity contribution in [1.29, 1.82) is 0 Å². The van der Waals surface area contributed by atoms with E-state index in [1.165, 1.54) is 0 Å². The van der Waals surface area contributed by atoms with Crippen molar-refractivity contribution in [3.63, 3.8) is 0 Å². The molecule has 2 amide bonds. The molecule has 18 heavy (non-hydrogen) atoms. The molecule has 0 aromatic heterocycles. The van der Waals surface area contributed by atoms with Crippen LogP contribution >= 0.6 is 0 Å². The van der Waals surface area contributed by atoms with Gasteiger partial charge in [-0.25, -0.2) is 4.79 Å². The fourth-order valence-electron chi connectivity index (χ4n) is 1.95. The number of hydrogen-bond acceptors (Lipinski definition) is 3. The number of nitrogens with zero attached hydrogens (tertiary/aromatic N) is 2. The number of rotatable bonds is 5. The number of aliphatic carboxylic acids is 1. The van der Waals surface area contributed by atoms with Gasteiger partial charge in [0, 0.05) is 32.7 Å². The van der Waals surface area contributed by atoms with Crippen molar-refractivity contribution in [2.75, 3.05) is 32.7 Å². The maximum absolute atomic E-state index is 11.8. The summed E-state index contributed by atoms with van der Waals surface area (Å²) in [5.41, 5.74) is 0. The standard InChI is InChI=1S/C12H23N3O3/c1-3-4-5-13-12(18)15-8-6-14(7-9-15)10(2)11(16)17/h10H,3-9H2,1-2H3,(H,13,18)(H,16,17). The molecule has 1 aliphatic heterocycles. The second-order valence-corrected chi connectivity index (χ2v) is 4.62. The van der Waals surface area contributed by atoms with Crippen molar-refractivity contribution in [1.82, 2.24) is 15.1 Å². The smallest absolute Gasteiger partial charge is 0.320 e. The molecule has 6 heteroatoms. The predicted molar refractivity (Wildman–Crippen MR) is 68.6 cm³/mol. The van der Waals surface area contributed by atoms with Crippen LogP contribution in [0.25, 0.3) is 0 Å². The Morgan fingerprint density at radius 3 is 2.39 bits per heavy atom. The average Bonchev–Trinajstić information content (AvgIpc) is 2.38. The molecule has 104 valence electrons. The summed E-state index contributed by atoms with van der Waals surface area (Å²) in [4.78, 5) is 26.3. The number of carboxylic acids is 1. The van der Waals surface area contributed by atoms with E-state index in [-0.39, 0.29) is 6.03 Å². The summed E-state index contributed by atoms with van der Waals surface area (Å²) in [5, 5.41) is 11.8. The Labute approximate surface area is 108 Å². The number of unbranched alkanes of at least 4 members (excludes halogenated alkanes) is 1. The monoisotopic (exact) mass is 257 g/mol. The zero-order valence-corrected chi connectivity index (χ0v) is 11.2. The molecule has 1 atom stereocenters. The van der Waals surface area contributed by atoms with Crippen LogP contribution in [0.15, 0.2) is 0 Å². The minimum atomic E-state index is -0.809. The predicted octanol–water partition coefficient (Wildman–Crippen LogP) is 0.587. The Kier molecular flexibility index (Phi) is 5.91. The summed E-state index contributed by atoms with van der Waals surface area (Å²) < 4.78 is 0. The van der Waals surface area contributed by atoms with Crippen LogP contribution in [0.3, 0.4) is 0 Å². The first-order chi connectivity index (χ1) is 8.56. The van der Waals surface area contributed by atoms with Crippen molar-refractivity contribution in [3.8, 4) is 0 Å². The number of piperazine rings is 1. The third-order valence-corrected chi connectivity index (χ3v) is 3.31. The first-order valence-electron chi connectivity index (χ1n) is 6.56. The highest BCUT2D eigenvalue weighted by Crippen LogP contribution is 2.06. The van der Waals surface area contributed by atoms with Crippen molar-refractivity contribution in [2.45, 2.75) is 32.7 Å². The Bertz CT molecular complexity index is 288. The molecule has 1 rings (SSSR count). The van der Waals surface area contributed by atoms with Crippen LogP contribution in [-0.2, 0) is 4.79 Å². The molecule has 1 unspecified atom stereocenters. The van der Waals surface area contributed by atoms with Crippen molar-refractivity contribution < 1.29 is 14.7 Å². The van der Waals surface area contributed by atoms with Gasteiger partial charge >= 0.3 is 12.0 Å². The van der Waals surface area contributed by atoms with Crippen LogP contribution in [0.5, 0.6) is 0 Å². The number of urea groups is 1. The molecule has 0 bridgehead atoms. The molecular formula is C12H23N3O3. The first kappa shape index (κ1) is 14.8. The molecule has 0 radical (unpaired) electrons. The number of carboxylic acid groups (broad SMARTS) is 1. The van der Waals surface area contributed by atoms with Crippen molar-refractivity contribution in [3.05, 3.63) is 0 Å². The summed E-state index contributed by atoms with van der Waals surface area (Å²) in [7, 11) is 0. The lowest BCUT2D eigenvalue weighted by Crippen LogP contribution is -2.55. The van der Waals surface area contributed by atoms with Gasteiger partial charge in [-0.05, 0) is 13.3 Å². The molecule has 1 fully saturated rings. The van der Waals surface area contributed by atoms with Gasteiger partial charge in [-0.2, -0.15) is 0 Å². The third-order valence-electron chi connectivity index (χ3n) is 3.31. The Hall–Kier alpha value is -1.30. The number of carbonyl (C=O) groups is 2. The highest BCUT2D eigenvalue weighted by atomic mass is 16.4. The minimum Gasteiger partial charge on any atom is -0.480 e.